The summed E-state index contributed by atoms with van der Waals surface area (Å²) in [5, 5.41) is 3.95. The van der Waals surface area contributed by atoms with Gasteiger partial charge in [-0.1, -0.05) is 12.1 Å². The highest BCUT2D eigenvalue weighted by Crippen LogP contribution is 2.26. The minimum atomic E-state index is -0.0522. The Kier molecular flexibility index (Phi) is 4.57. The predicted molar refractivity (Wildman–Crippen MR) is 95.3 cm³/mol. The van der Waals surface area contributed by atoms with Crippen LogP contribution in [0.3, 0.4) is 0 Å². The molecule has 0 spiro atoms. The maximum Gasteiger partial charge on any atom is 0.244 e. The lowest BCUT2D eigenvalue weighted by Gasteiger charge is -2.09. The van der Waals surface area contributed by atoms with Gasteiger partial charge in [-0.25, -0.2) is 0 Å². The van der Waals surface area contributed by atoms with Crippen molar-refractivity contribution in [2.45, 2.75) is 11.4 Å². The molecule has 0 aliphatic heterocycles. The summed E-state index contributed by atoms with van der Waals surface area (Å²) in [7, 11) is 1.65. The summed E-state index contributed by atoms with van der Waals surface area (Å²) in [5.74, 6) is 0.762. The molecular formula is C18H18N2O2S. The van der Waals surface area contributed by atoms with E-state index in [4.69, 9.17) is 4.74 Å². The molecule has 0 atom stereocenters. The number of nitrogens with one attached hydrogen (secondary N) is 1. The third-order valence-electron chi connectivity index (χ3n) is 3.66. The van der Waals surface area contributed by atoms with Gasteiger partial charge in [0, 0.05) is 22.2 Å². The third-order valence-corrected chi connectivity index (χ3v) is 4.39. The van der Waals surface area contributed by atoms with E-state index in [0.29, 0.717) is 0 Å². The van der Waals surface area contributed by atoms with Gasteiger partial charge < -0.3 is 14.6 Å². The Morgan fingerprint density at radius 1 is 1.22 bits per heavy atom. The van der Waals surface area contributed by atoms with Gasteiger partial charge in [0.2, 0.25) is 5.91 Å². The molecule has 3 rings (SSSR count). The van der Waals surface area contributed by atoms with Crippen molar-refractivity contribution in [3.8, 4) is 5.75 Å². The number of nitrogens with zero attached hydrogens (tertiary/aromatic N) is 1. The minimum absolute atomic E-state index is 0.0522. The molecule has 0 bridgehead atoms. The van der Waals surface area contributed by atoms with Crippen LogP contribution in [0.5, 0.6) is 5.75 Å². The Morgan fingerprint density at radius 2 is 2.04 bits per heavy atom. The topological polar surface area (TPSA) is 43.3 Å². The van der Waals surface area contributed by atoms with Crippen molar-refractivity contribution in [3.05, 3.63) is 54.7 Å². The van der Waals surface area contributed by atoms with Crippen LogP contribution in [0.4, 0.5) is 5.69 Å². The Bertz CT molecular complexity index is 842. The predicted octanol–water partition coefficient (Wildman–Crippen LogP) is 4.01. The quantitative estimate of drug-likeness (QED) is 0.720. The van der Waals surface area contributed by atoms with Crippen molar-refractivity contribution in [2.75, 3.05) is 18.7 Å². The van der Waals surface area contributed by atoms with E-state index in [0.717, 1.165) is 27.2 Å². The number of thioether (sulfide) groups is 1. The molecule has 118 valence electrons. The van der Waals surface area contributed by atoms with Gasteiger partial charge in [0.1, 0.15) is 12.3 Å². The van der Waals surface area contributed by atoms with Crippen molar-refractivity contribution >= 4 is 34.3 Å². The van der Waals surface area contributed by atoms with Crippen LogP contribution in [0.25, 0.3) is 10.9 Å². The highest BCUT2D eigenvalue weighted by Gasteiger charge is 2.09. The number of aromatic nitrogens is 1. The van der Waals surface area contributed by atoms with Crippen LogP contribution in [0, 0.1) is 0 Å². The fraction of sp³-hybridized carbons (Fsp3) is 0.167. The van der Waals surface area contributed by atoms with Crippen LogP contribution in [0.15, 0.2) is 59.6 Å². The van der Waals surface area contributed by atoms with Crippen molar-refractivity contribution in [1.29, 1.82) is 0 Å². The molecule has 1 heterocycles. The number of hydrogen-bond donors (Lipinski definition) is 1. The third kappa shape index (κ3) is 3.35. The Labute approximate surface area is 139 Å². The zero-order chi connectivity index (χ0) is 16.2. The molecule has 0 saturated heterocycles. The molecule has 0 aliphatic carbocycles. The summed E-state index contributed by atoms with van der Waals surface area (Å²) in [6, 6.07) is 15.6. The Morgan fingerprint density at radius 3 is 2.83 bits per heavy atom. The van der Waals surface area contributed by atoms with Crippen LogP contribution in [0.2, 0.25) is 0 Å². The second-order valence-corrected chi connectivity index (χ2v) is 6.00. The molecular weight excluding hydrogens is 308 g/mol. The average Bonchev–Trinajstić information content (AvgIpc) is 2.98. The molecule has 0 unspecified atom stereocenters. The highest BCUT2D eigenvalue weighted by atomic mass is 32.2. The lowest BCUT2D eigenvalue weighted by atomic mass is 10.2. The van der Waals surface area contributed by atoms with E-state index in [-0.39, 0.29) is 12.5 Å². The molecule has 1 N–H and O–H groups in total. The van der Waals surface area contributed by atoms with Gasteiger partial charge >= 0.3 is 0 Å². The van der Waals surface area contributed by atoms with E-state index >= 15 is 0 Å². The number of benzene rings is 2. The maximum atomic E-state index is 12.3. The molecule has 5 heteroatoms. The van der Waals surface area contributed by atoms with Crippen molar-refractivity contribution in [3.63, 3.8) is 0 Å². The number of carbonyl (C=O) groups excluding carboxylic acids is 1. The van der Waals surface area contributed by atoms with Gasteiger partial charge in [0.25, 0.3) is 0 Å². The van der Waals surface area contributed by atoms with E-state index in [1.165, 1.54) is 0 Å². The lowest BCUT2D eigenvalue weighted by molar-refractivity contribution is -0.116. The van der Waals surface area contributed by atoms with Crippen LogP contribution in [-0.4, -0.2) is 23.8 Å². The number of anilines is 1. The molecule has 3 aromatic rings. The number of carbonyl (C=O) groups is 1. The lowest BCUT2D eigenvalue weighted by Crippen LogP contribution is -2.18. The first-order valence-corrected chi connectivity index (χ1v) is 8.49. The molecule has 0 fully saturated rings. The maximum absolute atomic E-state index is 12.3. The largest absolute Gasteiger partial charge is 0.496 e. The van der Waals surface area contributed by atoms with Gasteiger partial charge in [0.15, 0.2) is 0 Å². The first-order valence-electron chi connectivity index (χ1n) is 7.27. The Balaban J connectivity index is 1.78. The van der Waals surface area contributed by atoms with Crippen molar-refractivity contribution < 1.29 is 9.53 Å². The fourth-order valence-corrected chi connectivity index (χ4v) is 3.03. The zero-order valence-electron chi connectivity index (χ0n) is 13.1. The van der Waals surface area contributed by atoms with Crippen LogP contribution in [-0.2, 0) is 11.3 Å². The van der Waals surface area contributed by atoms with Crippen molar-refractivity contribution in [2.24, 2.45) is 0 Å². The van der Waals surface area contributed by atoms with Gasteiger partial charge in [-0.2, -0.15) is 0 Å². The van der Waals surface area contributed by atoms with E-state index in [1.54, 1.807) is 18.9 Å². The Hall–Kier alpha value is -2.40. The van der Waals surface area contributed by atoms with Crippen LogP contribution in [0.1, 0.15) is 0 Å². The number of methoxy groups -OCH3 is 1. The summed E-state index contributed by atoms with van der Waals surface area (Å²) < 4.78 is 7.27. The molecule has 0 saturated carbocycles. The van der Waals surface area contributed by atoms with E-state index < -0.39 is 0 Å². The summed E-state index contributed by atoms with van der Waals surface area (Å²) >= 11 is 1.65. The number of amides is 1. The number of hydrogen-bond acceptors (Lipinski definition) is 3. The number of ether oxygens (including phenoxy) is 1. The van der Waals surface area contributed by atoms with Gasteiger partial charge in [-0.05, 0) is 42.7 Å². The second-order valence-electron chi connectivity index (χ2n) is 5.12. The summed E-state index contributed by atoms with van der Waals surface area (Å²) in [6.45, 7) is 0.264. The molecule has 2 aromatic carbocycles. The second kappa shape index (κ2) is 6.79. The standard InChI is InChI=1S/C18H18N2O2S/c1-22-17-8-4-7-16-15(17)9-10-20(16)12-18(21)19-13-5-3-6-14(11-13)23-2/h3-11H,12H2,1-2H3,(H,19,21). The SMILES string of the molecule is COc1cccc2c1ccn2CC(=O)Nc1cccc(SC)c1. The highest BCUT2D eigenvalue weighted by molar-refractivity contribution is 7.98. The first kappa shape index (κ1) is 15.5. The van der Waals surface area contributed by atoms with Gasteiger partial charge in [-0.3, -0.25) is 4.79 Å². The first-order chi connectivity index (χ1) is 11.2. The van der Waals surface area contributed by atoms with E-state index in [9.17, 15) is 4.79 Å². The fourth-order valence-electron chi connectivity index (χ4n) is 2.57. The molecule has 1 aromatic heterocycles. The summed E-state index contributed by atoms with van der Waals surface area (Å²) in [4.78, 5) is 13.4. The normalized spacial score (nSPS) is 10.7. The molecule has 0 aliphatic rings. The molecule has 1 amide bonds. The zero-order valence-corrected chi connectivity index (χ0v) is 13.9. The minimum Gasteiger partial charge on any atom is -0.496 e. The molecule has 23 heavy (non-hydrogen) atoms. The average molecular weight is 326 g/mol. The van der Waals surface area contributed by atoms with E-state index in [2.05, 4.69) is 5.32 Å². The number of rotatable bonds is 5. The van der Waals surface area contributed by atoms with Crippen LogP contribution >= 0.6 is 11.8 Å². The van der Waals surface area contributed by atoms with E-state index in [1.807, 2.05) is 65.6 Å². The summed E-state index contributed by atoms with van der Waals surface area (Å²) in [5.41, 5.74) is 1.80. The smallest absolute Gasteiger partial charge is 0.244 e. The van der Waals surface area contributed by atoms with Gasteiger partial charge in [0.05, 0.1) is 12.6 Å². The molecule has 0 radical (unpaired) electrons. The van der Waals surface area contributed by atoms with Crippen LogP contribution < -0.4 is 10.1 Å². The van der Waals surface area contributed by atoms with Crippen molar-refractivity contribution in [1.82, 2.24) is 4.57 Å². The van der Waals surface area contributed by atoms with Gasteiger partial charge in [-0.15, -0.1) is 11.8 Å². The molecule has 4 nitrogen and oxygen atoms in total. The summed E-state index contributed by atoms with van der Waals surface area (Å²) in [6.07, 6.45) is 3.92. The number of fused-ring (bicyclic) bond motifs is 1. The monoisotopic (exact) mass is 326 g/mol.